The number of aryl methyl sites for hydroxylation is 1. The molecule has 1 aromatic carbocycles. The summed E-state index contributed by atoms with van der Waals surface area (Å²) in [6, 6.07) is 13.3. The molecule has 0 N–H and O–H groups in total. The second kappa shape index (κ2) is 6.02. The van der Waals surface area contributed by atoms with Crippen molar-refractivity contribution in [3.8, 4) is 0 Å². The zero-order chi connectivity index (χ0) is 14.7. The van der Waals surface area contributed by atoms with E-state index < -0.39 is 6.29 Å². The molecule has 0 saturated heterocycles. The topological polar surface area (TPSA) is 31.4 Å². The fourth-order valence-corrected chi connectivity index (χ4v) is 2.24. The predicted molar refractivity (Wildman–Crippen MR) is 82.5 cm³/mol. The lowest BCUT2D eigenvalue weighted by molar-refractivity contribution is -0.0305. The molecule has 0 radical (unpaired) electrons. The molecule has 2 aromatic rings. The van der Waals surface area contributed by atoms with Crippen LogP contribution in [0.1, 0.15) is 23.2 Å². The van der Waals surface area contributed by atoms with E-state index in [0.29, 0.717) is 10.8 Å². The Morgan fingerprint density at radius 1 is 1.10 bits per heavy atom. The van der Waals surface area contributed by atoms with Gasteiger partial charge in [-0.2, -0.15) is 0 Å². The van der Waals surface area contributed by atoms with E-state index in [2.05, 4.69) is 4.98 Å². The highest BCUT2D eigenvalue weighted by atomic mass is 35.5. The van der Waals surface area contributed by atoms with Gasteiger partial charge in [-0.25, -0.2) is 0 Å². The van der Waals surface area contributed by atoms with Crippen molar-refractivity contribution in [2.45, 2.75) is 13.2 Å². The van der Waals surface area contributed by atoms with E-state index >= 15 is 0 Å². The van der Waals surface area contributed by atoms with Gasteiger partial charge in [-0.15, -0.1) is 0 Å². The van der Waals surface area contributed by atoms with E-state index in [0.717, 1.165) is 17.0 Å². The van der Waals surface area contributed by atoms with Crippen LogP contribution in [0.3, 0.4) is 0 Å². The van der Waals surface area contributed by atoms with Gasteiger partial charge in [-0.1, -0.05) is 35.9 Å². The van der Waals surface area contributed by atoms with Crippen molar-refractivity contribution in [2.75, 3.05) is 0 Å². The highest BCUT2D eigenvalue weighted by Crippen LogP contribution is 2.33. The highest BCUT2D eigenvalue weighted by molar-refractivity contribution is 6.31. The monoisotopic (exact) mass is 299 g/mol. The van der Waals surface area contributed by atoms with Crippen molar-refractivity contribution in [3.05, 3.63) is 82.5 Å². The average molecular weight is 300 g/mol. The molecule has 0 aliphatic carbocycles. The molecule has 106 valence electrons. The van der Waals surface area contributed by atoms with E-state index in [1.807, 2.05) is 61.5 Å². The highest BCUT2D eigenvalue weighted by Gasteiger charge is 2.22. The summed E-state index contributed by atoms with van der Waals surface area (Å²) in [6.07, 6.45) is 4.81. The van der Waals surface area contributed by atoms with Gasteiger partial charge in [0.2, 0.25) is 0 Å². The second-order valence-electron chi connectivity index (χ2n) is 4.66. The number of aromatic nitrogens is 1. The first-order valence-electron chi connectivity index (χ1n) is 6.61. The minimum atomic E-state index is -0.496. The summed E-state index contributed by atoms with van der Waals surface area (Å²) >= 11 is 6.13. The smallest absolute Gasteiger partial charge is 0.268 e. The normalized spacial score (nSPS) is 17.4. The van der Waals surface area contributed by atoms with Crippen LogP contribution in [0.25, 0.3) is 6.08 Å². The number of rotatable bonds is 3. The number of benzene rings is 1. The van der Waals surface area contributed by atoms with Gasteiger partial charge in [0, 0.05) is 5.69 Å². The SMILES string of the molecule is Cc1cccc(C=CC2=COC(c3ccccc3Cl)O2)n1. The van der Waals surface area contributed by atoms with E-state index in [1.165, 1.54) is 0 Å². The standard InChI is InChI=1S/C17H14ClNO2/c1-12-5-4-6-13(19-12)9-10-14-11-20-17(21-14)15-7-2-3-8-16(15)18/h2-11,17H,1H3. The van der Waals surface area contributed by atoms with Crippen molar-refractivity contribution < 1.29 is 9.47 Å². The number of pyridine rings is 1. The third-order valence-electron chi connectivity index (χ3n) is 3.04. The van der Waals surface area contributed by atoms with E-state index in [4.69, 9.17) is 21.1 Å². The molecule has 3 nitrogen and oxygen atoms in total. The third-order valence-corrected chi connectivity index (χ3v) is 3.38. The molecule has 1 atom stereocenters. The Balaban J connectivity index is 1.69. The van der Waals surface area contributed by atoms with Gasteiger partial charge >= 0.3 is 0 Å². The quantitative estimate of drug-likeness (QED) is 0.827. The molecule has 1 unspecified atom stereocenters. The van der Waals surface area contributed by atoms with Crippen LogP contribution >= 0.6 is 11.6 Å². The second-order valence-corrected chi connectivity index (χ2v) is 5.07. The lowest BCUT2D eigenvalue weighted by Gasteiger charge is -2.12. The van der Waals surface area contributed by atoms with Gasteiger partial charge in [0.05, 0.1) is 16.3 Å². The van der Waals surface area contributed by atoms with Gasteiger partial charge in [0.1, 0.15) is 6.26 Å². The number of hydrogen-bond donors (Lipinski definition) is 0. The number of halogens is 1. The zero-order valence-electron chi connectivity index (χ0n) is 11.5. The van der Waals surface area contributed by atoms with E-state index in [1.54, 1.807) is 6.26 Å². The Labute approximate surface area is 128 Å². The summed E-state index contributed by atoms with van der Waals surface area (Å²) in [6.45, 7) is 1.96. The Kier molecular flexibility index (Phi) is 3.93. The molecule has 0 amide bonds. The predicted octanol–water partition coefficient (Wildman–Crippen LogP) is 4.64. The molecule has 3 rings (SSSR count). The molecule has 4 heteroatoms. The summed E-state index contributed by atoms with van der Waals surface area (Å²) in [5.74, 6) is 0.642. The summed E-state index contributed by atoms with van der Waals surface area (Å²) in [4.78, 5) is 4.39. The first-order valence-corrected chi connectivity index (χ1v) is 6.98. The molecular formula is C17H14ClNO2. The summed E-state index contributed by atoms with van der Waals surface area (Å²) in [5, 5.41) is 0.626. The molecule has 0 saturated carbocycles. The van der Waals surface area contributed by atoms with Crippen LogP contribution in [0.2, 0.25) is 5.02 Å². The number of nitrogens with zero attached hydrogens (tertiary/aromatic N) is 1. The van der Waals surface area contributed by atoms with Crippen LogP contribution < -0.4 is 0 Å². The molecule has 1 aliphatic rings. The maximum absolute atomic E-state index is 6.13. The van der Waals surface area contributed by atoms with Crippen molar-refractivity contribution in [1.82, 2.24) is 4.98 Å². The maximum Gasteiger partial charge on any atom is 0.268 e. The first kappa shape index (κ1) is 13.7. The van der Waals surface area contributed by atoms with Gasteiger partial charge in [-0.3, -0.25) is 4.98 Å². The van der Waals surface area contributed by atoms with E-state index in [9.17, 15) is 0 Å². The molecule has 21 heavy (non-hydrogen) atoms. The van der Waals surface area contributed by atoms with Gasteiger partial charge < -0.3 is 9.47 Å². The van der Waals surface area contributed by atoms with Gasteiger partial charge in [-0.05, 0) is 37.3 Å². The Morgan fingerprint density at radius 2 is 1.95 bits per heavy atom. The third kappa shape index (κ3) is 3.26. The van der Waals surface area contributed by atoms with Crippen LogP contribution in [-0.2, 0) is 9.47 Å². The lowest BCUT2D eigenvalue weighted by atomic mass is 10.2. The number of hydrogen-bond acceptors (Lipinski definition) is 3. The maximum atomic E-state index is 6.13. The Morgan fingerprint density at radius 3 is 2.76 bits per heavy atom. The fraction of sp³-hybridized carbons (Fsp3) is 0.118. The van der Waals surface area contributed by atoms with Gasteiger partial charge in [0.15, 0.2) is 5.76 Å². The van der Waals surface area contributed by atoms with Crippen LogP contribution in [0, 0.1) is 6.92 Å². The van der Waals surface area contributed by atoms with Crippen LogP contribution in [0.4, 0.5) is 0 Å². The largest absolute Gasteiger partial charge is 0.454 e. The Bertz CT molecular complexity index is 709. The van der Waals surface area contributed by atoms with Crippen molar-refractivity contribution in [1.29, 1.82) is 0 Å². The molecule has 0 fully saturated rings. The summed E-state index contributed by atoms with van der Waals surface area (Å²) in [7, 11) is 0. The molecule has 0 bridgehead atoms. The molecule has 1 aliphatic heterocycles. The molecule has 1 aromatic heterocycles. The Hall–Kier alpha value is -2.26. The molecular weight excluding hydrogens is 286 g/mol. The summed E-state index contributed by atoms with van der Waals surface area (Å²) < 4.78 is 11.2. The minimum Gasteiger partial charge on any atom is -0.454 e. The van der Waals surface area contributed by atoms with Crippen LogP contribution in [0.15, 0.2) is 60.6 Å². The molecule has 0 spiro atoms. The number of allylic oxidation sites excluding steroid dienone is 1. The van der Waals surface area contributed by atoms with Gasteiger partial charge in [0.25, 0.3) is 6.29 Å². The van der Waals surface area contributed by atoms with Crippen molar-refractivity contribution in [2.24, 2.45) is 0 Å². The lowest BCUT2D eigenvalue weighted by Crippen LogP contribution is -1.99. The van der Waals surface area contributed by atoms with Crippen molar-refractivity contribution in [3.63, 3.8) is 0 Å². The molecule has 2 heterocycles. The average Bonchev–Trinajstić information content (AvgIpc) is 2.94. The zero-order valence-corrected chi connectivity index (χ0v) is 12.2. The minimum absolute atomic E-state index is 0.496. The first-order chi connectivity index (χ1) is 10.2. The van der Waals surface area contributed by atoms with Crippen LogP contribution in [0.5, 0.6) is 0 Å². The van der Waals surface area contributed by atoms with Crippen molar-refractivity contribution >= 4 is 17.7 Å². The fourth-order valence-electron chi connectivity index (χ4n) is 2.01. The number of ether oxygens (including phenoxy) is 2. The van der Waals surface area contributed by atoms with Crippen LogP contribution in [-0.4, -0.2) is 4.98 Å². The van der Waals surface area contributed by atoms with E-state index in [-0.39, 0.29) is 0 Å². The summed E-state index contributed by atoms with van der Waals surface area (Å²) in [5.41, 5.74) is 2.66.